The molecule has 6 heteroatoms. The fraction of sp³-hybridized carbons (Fsp3) is 0.455. The van der Waals surface area contributed by atoms with Crippen LogP contribution in [0.2, 0.25) is 0 Å². The molecule has 4 rings (SSSR count). The summed E-state index contributed by atoms with van der Waals surface area (Å²) in [5, 5.41) is 0. The molecule has 2 aliphatic rings. The number of nitrogens with zero attached hydrogens (tertiary/aromatic N) is 2. The Labute approximate surface area is 163 Å². The molecular weight excluding hydrogens is 359 g/mol. The van der Waals surface area contributed by atoms with Crippen LogP contribution in [0.25, 0.3) is 0 Å². The van der Waals surface area contributed by atoms with Gasteiger partial charge in [0.05, 0.1) is 13.1 Å². The SMILES string of the molecule is Cc1ccc(CCC(=O)N2CC(Oc3cc(C)n(C4CC4)c(=O)c3)C2)cc1F. The van der Waals surface area contributed by atoms with E-state index in [4.69, 9.17) is 4.74 Å². The standard InChI is InChI=1S/C22H25FN2O3/c1-14-3-4-16(10-20(14)23)5-8-21(26)24-12-19(13-24)28-18-9-15(2)25(17-6-7-17)22(27)11-18/h3-4,9-11,17,19H,5-8,12-13H2,1-2H3. The van der Waals surface area contributed by atoms with Crippen molar-refractivity contribution in [2.75, 3.05) is 13.1 Å². The lowest BCUT2D eigenvalue weighted by Gasteiger charge is -2.39. The number of hydrogen-bond donors (Lipinski definition) is 0. The summed E-state index contributed by atoms with van der Waals surface area (Å²) in [5.41, 5.74) is 2.34. The van der Waals surface area contributed by atoms with E-state index in [0.717, 1.165) is 24.1 Å². The summed E-state index contributed by atoms with van der Waals surface area (Å²) in [6.45, 7) is 4.69. The fourth-order valence-corrected chi connectivity index (χ4v) is 3.66. The highest BCUT2D eigenvalue weighted by atomic mass is 19.1. The van der Waals surface area contributed by atoms with Crippen LogP contribution < -0.4 is 10.3 Å². The van der Waals surface area contributed by atoms with Crippen molar-refractivity contribution in [1.29, 1.82) is 0 Å². The molecule has 1 aliphatic carbocycles. The summed E-state index contributed by atoms with van der Waals surface area (Å²) < 4.78 is 21.3. The molecule has 0 spiro atoms. The lowest BCUT2D eigenvalue weighted by atomic mass is 10.1. The maximum absolute atomic E-state index is 13.6. The molecule has 148 valence electrons. The van der Waals surface area contributed by atoms with E-state index in [9.17, 15) is 14.0 Å². The van der Waals surface area contributed by atoms with Crippen LogP contribution in [0.3, 0.4) is 0 Å². The van der Waals surface area contributed by atoms with Gasteiger partial charge in [-0.1, -0.05) is 12.1 Å². The number of hydrogen-bond acceptors (Lipinski definition) is 3. The molecule has 0 atom stereocenters. The predicted molar refractivity (Wildman–Crippen MR) is 104 cm³/mol. The van der Waals surface area contributed by atoms with Crippen molar-refractivity contribution in [1.82, 2.24) is 9.47 Å². The topological polar surface area (TPSA) is 51.5 Å². The molecule has 2 fully saturated rings. The van der Waals surface area contributed by atoms with Gasteiger partial charge in [0.15, 0.2) is 0 Å². The summed E-state index contributed by atoms with van der Waals surface area (Å²) >= 11 is 0. The molecular formula is C22H25FN2O3. The average Bonchev–Trinajstić information content (AvgIpc) is 3.43. The fourth-order valence-electron chi connectivity index (χ4n) is 3.66. The van der Waals surface area contributed by atoms with Gasteiger partial charge in [0.1, 0.15) is 17.7 Å². The average molecular weight is 384 g/mol. The highest BCUT2D eigenvalue weighted by Gasteiger charge is 2.32. The summed E-state index contributed by atoms with van der Waals surface area (Å²) in [6, 6.07) is 8.89. The third-order valence-corrected chi connectivity index (χ3v) is 5.51. The van der Waals surface area contributed by atoms with Gasteiger partial charge < -0.3 is 14.2 Å². The first-order chi connectivity index (χ1) is 13.4. The van der Waals surface area contributed by atoms with Crippen LogP contribution in [0.4, 0.5) is 4.39 Å². The van der Waals surface area contributed by atoms with Crippen molar-refractivity contribution in [3.8, 4) is 5.75 Å². The third-order valence-electron chi connectivity index (χ3n) is 5.51. The van der Waals surface area contributed by atoms with Crippen LogP contribution in [0, 0.1) is 19.7 Å². The minimum absolute atomic E-state index is 0.0184. The second-order valence-electron chi connectivity index (χ2n) is 7.89. The van der Waals surface area contributed by atoms with Gasteiger partial charge in [0.25, 0.3) is 5.56 Å². The van der Waals surface area contributed by atoms with Gasteiger partial charge in [-0.05, 0) is 56.4 Å². The highest BCUT2D eigenvalue weighted by molar-refractivity contribution is 5.77. The highest BCUT2D eigenvalue weighted by Crippen LogP contribution is 2.35. The first-order valence-corrected chi connectivity index (χ1v) is 9.83. The Morgan fingerprint density at radius 1 is 1.18 bits per heavy atom. The molecule has 28 heavy (non-hydrogen) atoms. The van der Waals surface area contributed by atoms with Gasteiger partial charge in [0, 0.05) is 24.2 Å². The van der Waals surface area contributed by atoms with Crippen molar-refractivity contribution in [2.45, 2.75) is 51.7 Å². The molecule has 5 nitrogen and oxygen atoms in total. The van der Waals surface area contributed by atoms with Gasteiger partial charge in [0.2, 0.25) is 5.91 Å². The summed E-state index contributed by atoms with van der Waals surface area (Å²) in [4.78, 5) is 26.3. The number of pyridine rings is 1. The minimum atomic E-state index is -0.235. The second-order valence-corrected chi connectivity index (χ2v) is 7.89. The maximum Gasteiger partial charge on any atom is 0.254 e. The molecule has 1 amide bonds. The van der Waals surface area contributed by atoms with E-state index >= 15 is 0 Å². The molecule has 2 heterocycles. The zero-order chi connectivity index (χ0) is 19.8. The number of likely N-dealkylation sites (tertiary alicyclic amines) is 1. The third kappa shape index (κ3) is 3.96. The molecule has 1 saturated carbocycles. The number of ether oxygens (including phenoxy) is 1. The Hall–Kier alpha value is -2.63. The van der Waals surface area contributed by atoms with Gasteiger partial charge in [-0.2, -0.15) is 0 Å². The molecule has 0 N–H and O–H groups in total. The van der Waals surface area contributed by atoms with E-state index in [0.29, 0.717) is 43.3 Å². The summed E-state index contributed by atoms with van der Waals surface area (Å²) in [5.74, 6) is 0.383. The Morgan fingerprint density at radius 3 is 2.57 bits per heavy atom. The number of aryl methyl sites for hydroxylation is 3. The monoisotopic (exact) mass is 384 g/mol. The van der Waals surface area contributed by atoms with Crippen molar-refractivity contribution >= 4 is 5.91 Å². The van der Waals surface area contributed by atoms with Crippen molar-refractivity contribution in [3.63, 3.8) is 0 Å². The molecule has 0 radical (unpaired) electrons. The van der Waals surface area contributed by atoms with E-state index in [1.54, 1.807) is 24.0 Å². The van der Waals surface area contributed by atoms with Crippen LogP contribution in [-0.2, 0) is 11.2 Å². The number of rotatable bonds is 6. The summed E-state index contributed by atoms with van der Waals surface area (Å²) in [6.07, 6.45) is 2.92. The second kappa shape index (κ2) is 7.41. The zero-order valence-corrected chi connectivity index (χ0v) is 16.3. The van der Waals surface area contributed by atoms with Gasteiger partial charge in [-0.15, -0.1) is 0 Å². The molecule has 1 aromatic carbocycles. The lowest BCUT2D eigenvalue weighted by Crippen LogP contribution is -2.56. The van der Waals surface area contributed by atoms with Crippen LogP contribution in [0.1, 0.15) is 42.1 Å². The molecule has 0 unspecified atom stereocenters. The van der Waals surface area contributed by atoms with Gasteiger partial charge >= 0.3 is 0 Å². The van der Waals surface area contributed by atoms with Gasteiger partial charge in [-0.3, -0.25) is 9.59 Å². The predicted octanol–water partition coefficient (Wildman–Crippen LogP) is 3.16. The normalized spacial score (nSPS) is 16.8. The Morgan fingerprint density at radius 2 is 1.93 bits per heavy atom. The van der Waals surface area contributed by atoms with Crippen LogP contribution in [0.5, 0.6) is 5.75 Å². The number of halogens is 1. The molecule has 0 bridgehead atoms. The van der Waals surface area contributed by atoms with E-state index in [1.165, 1.54) is 6.07 Å². The number of carbonyl (C=O) groups excluding carboxylic acids is 1. The Bertz CT molecular complexity index is 959. The molecule has 1 saturated heterocycles. The van der Waals surface area contributed by atoms with E-state index in [1.807, 2.05) is 23.6 Å². The number of benzene rings is 1. The molecule has 1 aromatic heterocycles. The van der Waals surface area contributed by atoms with Crippen molar-refractivity contribution < 1.29 is 13.9 Å². The largest absolute Gasteiger partial charge is 0.486 e. The van der Waals surface area contributed by atoms with Crippen LogP contribution in [0.15, 0.2) is 35.1 Å². The van der Waals surface area contributed by atoms with Crippen LogP contribution in [-0.4, -0.2) is 34.6 Å². The van der Waals surface area contributed by atoms with Crippen LogP contribution >= 0.6 is 0 Å². The van der Waals surface area contributed by atoms with Crippen molar-refractivity contribution in [3.05, 3.63) is 63.3 Å². The number of aromatic nitrogens is 1. The molecule has 2 aromatic rings. The number of amides is 1. The lowest BCUT2D eigenvalue weighted by molar-refractivity contribution is -0.139. The summed E-state index contributed by atoms with van der Waals surface area (Å²) in [7, 11) is 0. The van der Waals surface area contributed by atoms with E-state index in [2.05, 4.69) is 0 Å². The smallest absolute Gasteiger partial charge is 0.254 e. The minimum Gasteiger partial charge on any atom is -0.486 e. The van der Waals surface area contributed by atoms with E-state index in [-0.39, 0.29) is 23.4 Å². The number of carbonyl (C=O) groups is 1. The first-order valence-electron chi connectivity index (χ1n) is 9.83. The zero-order valence-electron chi connectivity index (χ0n) is 16.3. The van der Waals surface area contributed by atoms with Gasteiger partial charge in [-0.25, -0.2) is 4.39 Å². The Kier molecular flexibility index (Phi) is 4.96. The first kappa shape index (κ1) is 18.7. The molecule has 1 aliphatic heterocycles. The Balaban J connectivity index is 1.27. The maximum atomic E-state index is 13.6. The van der Waals surface area contributed by atoms with Crippen molar-refractivity contribution in [2.24, 2.45) is 0 Å². The van der Waals surface area contributed by atoms with E-state index < -0.39 is 0 Å². The quantitative estimate of drug-likeness (QED) is 0.769.